The lowest BCUT2D eigenvalue weighted by atomic mass is 9.83. The van der Waals surface area contributed by atoms with E-state index >= 15 is 0 Å². The van der Waals surface area contributed by atoms with Gasteiger partial charge in [0.2, 0.25) is 5.91 Å². The van der Waals surface area contributed by atoms with Crippen molar-refractivity contribution in [1.82, 2.24) is 4.90 Å². The van der Waals surface area contributed by atoms with Crippen molar-refractivity contribution in [2.24, 2.45) is 23.2 Å². The molecule has 2 saturated carbocycles. The van der Waals surface area contributed by atoms with Crippen LogP contribution in [0.5, 0.6) is 0 Å². The van der Waals surface area contributed by atoms with E-state index in [1.165, 1.54) is 32.1 Å². The van der Waals surface area contributed by atoms with Gasteiger partial charge in [-0.25, -0.2) is 0 Å². The fraction of sp³-hybridized carbons (Fsp3) is 0.882. The molecule has 3 atom stereocenters. The number of amides is 1. The van der Waals surface area contributed by atoms with Crippen LogP contribution in [0.4, 0.5) is 0 Å². The highest BCUT2D eigenvalue weighted by Crippen LogP contribution is 2.59. The monoisotopic (exact) mass is 293 g/mol. The van der Waals surface area contributed by atoms with Gasteiger partial charge < -0.3 is 10.0 Å². The van der Waals surface area contributed by atoms with Gasteiger partial charge in [0.25, 0.3) is 0 Å². The number of carboxylic acids is 1. The molecule has 0 radical (unpaired) electrons. The van der Waals surface area contributed by atoms with Crippen LogP contribution in [-0.4, -0.2) is 34.5 Å². The van der Waals surface area contributed by atoms with Crippen LogP contribution in [0, 0.1) is 23.2 Å². The van der Waals surface area contributed by atoms with Crippen LogP contribution in [0.2, 0.25) is 0 Å². The van der Waals surface area contributed by atoms with E-state index in [0.29, 0.717) is 12.0 Å². The molecule has 3 fully saturated rings. The Morgan fingerprint density at radius 1 is 1.00 bits per heavy atom. The highest BCUT2D eigenvalue weighted by Gasteiger charge is 2.67. The maximum absolute atomic E-state index is 12.9. The first-order chi connectivity index (χ1) is 9.94. The van der Waals surface area contributed by atoms with E-state index < -0.39 is 11.9 Å². The van der Waals surface area contributed by atoms with Crippen LogP contribution in [0.3, 0.4) is 0 Å². The summed E-state index contributed by atoms with van der Waals surface area (Å²) in [4.78, 5) is 26.2. The predicted octanol–water partition coefficient (Wildman–Crippen LogP) is 2.91. The Balaban J connectivity index is 1.70. The van der Waals surface area contributed by atoms with Gasteiger partial charge in [-0.05, 0) is 37.0 Å². The third-order valence-electron chi connectivity index (χ3n) is 6.14. The average Bonchev–Trinajstić information content (AvgIpc) is 2.84. The summed E-state index contributed by atoms with van der Waals surface area (Å²) in [6.45, 7) is 4.67. The Labute approximate surface area is 126 Å². The molecule has 0 aromatic heterocycles. The van der Waals surface area contributed by atoms with Crippen LogP contribution in [0.1, 0.15) is 58.8 Å². The van der Waals surface area contributed by atoms with Crippen molar-refractivity contribution in [3.05, 3.63) is 0 Å². The van der Waals surface area contributed by atoms with E-state index in [1.54, 1.807) is 0 Å². The standard InChI is InChI=1S/C17H27NO3/c1-17(2)13(14(17)16(20)21)15(19)18-10-6-9-12(18)11-7-4-3-5-8-11/h11-14H,3-10H2,1-2H3,(H,20,21). The van der Waals surface area contributed by atoms with Crippen molar-refractivity contribution in [1.29, 1.82) is 0 Å². The Morgan fingerprint density at radius 3 is 2.24 bits per heavy atom. The molecule has 118 valence electrons. The summed E-state index contributed by atoms with van der Waals surface area (Å²) in [5, 5.41) is 9.29. The van der Waals surface area contributed by atoms with Crippen LogP contribution < -0.4 is 0 Å². The number of rotatable bonds is 3. The molecule has 1 aliphatic heterocycles. The van der Waals surface area contributed by atoms with Crippen molar-refractivity contribution in [2.75, 3.05) is 6.54 Å². The number of hydrogen-bond acceptors (Lipinski definition) is 2. The van der Waals surface area contributed by atoms with E-state index in [4.69, 9.17) is 0 Å². The number of aliphatic carboxylic acids is 1. The molecule has 21 heavy (non-hydrogen) atoms. The zero-order valence-electron chi connectivity index (χ0n) is 13.2. The zero-order valence-corrected chi connectivity index (χ0v) is 13.2. The van der Waals surface area contributed by atoms with Crippen molar-refractivity contribution >= 4 is 11.9 Å². The van der Waals surface area contributed by atoms with Crippen LogP contribution in [-0.2, 0) is 9.59 Å². The minimum Gasteiger partial charge on any atom is -0.481 e. The van der Waals surface area contributed by atoms with Crippen molar-refractivity contribution < 1.29 is 14.7 Å². The van der Waals surface area contributed by atoms with E-state index in [9.17, 15) is 14.7 Å². The van der Waals surface area contributed by atoms with E-state index in [1.807, 2.05) is 18.7 Å². The normalized spacial score (nSPS) is 35.7. The molecule has 0 spiro atoms. The molecular weight excluding hydrogens is 266 g/mol. The van der Waals surface area contributed by atoms with Gasteiger partial charge in [-0.1, -0.05) is 33.1 Å². The van der Waals surface area contributed by atoms with Crippen LogP contribution >= 0.6 is 0 Å². The highest BCUT2D eigenvalue weighted by molar-refractivity contribution is 5.92. The average molecular weight is 293 g/mol. The van der Waals surface area contributed by atoms with Crippen molar-refractivity contribution in [3.63, 3.8) is 0 Å². The van der Waals surface area contributed by atoms with Gasteiger partial charge in [0.15, 0.2) is 0 Å². The number of nitrogens with zero attached hydrogens (tertiary/aromatic N) is 1. The Bertz CT molecular complexity index is 439. The number of carboxylic acid groups (broad SMARTS) is 1. The van der Waals surface area contributed by atoms with Gasteiger partial charge in [0.1, 0.15) is 0 Å². The lowest BCUT2D eigenvalue weighted by molar-refractivity contribution is -0.142. The third-order valence-corrected chi connectivity index (χ3v) is 6.14. The molecule has 1 N–H and O–H groups in total. The molecule has 0 aromatic rings. The zero-order chi connectivity index (χ0) is 15.2. The number of likely N-dealkylation sites (tertiary alicyclic amines) is 1. The second-order valence-electron chi connectivity index (χ2n) is 7.75. The summed E-state index contributed by atoms with van der Waals surface area (Å²) < 4.78 is 0. The number of carbonyl (C=O) groups is 2. The quantitative estimate of drug-likeness (QED) is 0.870. The van der Waals surface area contributed by atoms with E-state index in [0.717, 1.165) is 19.4 Å². The maximum atomic E-state index is 12.9. The minimum absolute atomic E-state index is 0.112. The molecule has 3 aliphatic rings. The summed E-state index contributed by atoms with van der Waals surface area (Å²) >= 11 is 0. The van der Waals surface area contributed by atoms with Crippen LogP contribution in [0.15, 0.2) is 0 Å². The summed E-state index contributed by atoms with van der Waals surface area (Å²) in [6.07, 6.45) is 8.58. The van der Waals surface area contributed by atoms with Gasteiger partial charge in [-0.2, -0.15) is 0 Å². The van der Waals surface area contributed by atoms with Gasteiger partial charge in [-0.3, -0.25) is 9.59 Å². The summed E-state index contributed by atoms with van der Waals surface area (Å²) in [7, 11) is 0. The van der Waals surface area contributed by atoms with Crippen molar-refractivity contribution in [3.8, 4) is 0 Å². The molecule has 0 bridgehead atoms. The first kappa shape index (κ1) is 14.9. The smallest absolute Gasteiger partial charge is 0.307 e. The van der Waals surface area contributed by atoms with E-state index in [2.05, 4.69) is 0 Å². The predicted molar refractivity (Wildman–Crippen MR) is 79.7 cm³/mol. The highest BCUT2D eigenvalue weighted by atomic mass is 16.4. The minimum atomic E-state index is -0.813. The summed E-state index contributed by atoms with van der Waals surface area (Å²) in [6, 6.07) is 0.378. The molecule has 4 heteroatoms. The lowest BCUT2D eigenvalue weighted by Crippen LogP contribution is -2.42. The third kappa shape index (κ3) is 2.47. The largest absolute Gasteiger partial charge is 0.481 e. The topological polar surface area (TPSA) is 57.6 Å². The Kier molecular flexibility index (Phi) is 3.74. The van der Waals surface area contributed by atoms with Crippen LogP contribution in [0.25, 0.3) is 0 Å². The summed E-state index contributed by atoms with van der Waals surface area (Å²) in [5.41, 5.74) is -0.372. The van der Waals surface area contributed by atoms with Gasteiger partial charge >= 0.3 is 5.97 Å². The lowest BCUT2D eigenvalue weighted by Gasteiger charge is -2.34. The maximum Gasteiger partial charge on any atom is 0.307 e. The first-order valence-electron chi connectivity index (χ1n) is 8.48. The molecular formula is C17H27NO3. The SMILES string of the molecule is CC1(C)C(C(=O)O)C1C(=O)N1CCCC1C1CCCCC1. The summed E-state index contributed by atoms with van der Waals surface area (Å²) in [5.74, 6) is -0.848. The van der Waals surface area contributed by atoms with Crippen molar-refractivity contribution in [2.45, 2.75) is 64.8 Å². The second kappa shape index (κ2) is 5.29. The fourth-order valence-corrected chi connectivity index (χ4v) is 4.81. The van der Waals surface area contributed by atoms with E-state index in [-0.39, 0.29) is 17.2 Å². The van der Waals surface area contributed by atoms with Gasteiger partial charge in [-0.15, -0.1) is 0 Å². The first-order valence-corrected chi connectivity index (χ1v) is 8.48. The Morgan fingerprint density at radius 2 is 1.67 bits per heavy atom. The molecule has 3 rings (SSSR count). The molecule has 1 heterocycles. The molecule has 3 unspecified atom stereocenters. The second-order valence-corrected chi connectivity index (χ2v) is 7.75. The molecule has 4 nitrogen and oxygen atoms in total. The number of hydrogen-bond donors (Lipinski definition) is 1. The number of carbonyl (C=O) groups excluding carboxylic acids is 1. The van der Waals surface area contributed by atoms with Gasteiger partial charge in [0, 0.05) is 12.6 Å². The fourth-order valence-electron chi connectivity index (χ4n) is 4.81. The molecule has 1 amide bonds. The molecule has 0 aromatic carbocycles. The van der Waals surface area contributed by atoms with Gasteiger partial charge in [0.05, 0.1) is 11.8 Å². The Hall–Kier alpha value is -1.06. The molecule has 1 saturated heterocycles. The molecule has 2 aliphatic carbocycles.